The number of rotatable bonds is 1. The molecule has 0 radical (unpaired) electrons. The molecular formula is C11H13FN2O. The summed E-state index contributed by atoms with van der Waals surface area (Å²) >= 11 is 0. The summed E-state index contributed by atoms with van der Waals surface area (Å²) in [4.78, 5) is 13.4. The van der Waals surface area contributed by atoms with Crippen molar-refractivity contribution in [1.29, 1.82) is 0 Å². The number of amides is 1. The van der Waals surface area contributed by atoms with Gasteiger partial charge in [0, 0.05) is 24.7 Å². The zero-order valence-electron chi connectivity index (χ0n) is 8.53. The predicted octanol–water partition coefficient (Wildman–Crippen LogP) is 0.917. The molecule has 1 aromatic carbocycles. The molecule has 1 amide bonds. The number of nitrogens with two attached hydrogens (primary N) is 1. The molecule has 4 heteroatoms. The average molecular weight is 208 g/mol. The second kappa shape index (κ2) is 3.62. The second-order valence-electron chi connectivity index (χ2n) is 3.93. The van der Waals surface area contributed by atoms with Crippen LogP contribution in [0.2, 0.25) is 0 Å². The van der Waals surface area contributed by atoms with E-state index in [1.807, 2.05) is 0 Å². The van der Waals surface area contributed by atoms with Gasteiger partial charge in [0.2, 0.25) is 0 Å². The number of aryl methyl sites for hydroxylation is 1. The first kappa shape index (κ1) is 10.1. The fraction of sp³-hybridized carbons (Fsp3) is 0.364. The van der Waals surface area contributed by atoms with E-state index in [0.717, 1.165) is 0 Å². The minimum atomic E-state index is -0.285. The second-order valence-corrected chi connectivity index (χ2v) is 3.93. The van der Waals surface area contributed by atoms with Crippen molar-refractivity contribution < 1.29 is 9.18 Å². The van der Waals surface area contributed by atoms with Crippen LogP contribution in [0.4, 0.5) is 4.39 Å². The number of likely N-dealkylation sites (tertiary alicyclic amines) is 1. The Labute approximate surface area is 87.7 Å². The van der Waals surface area contributed by atoms with E-state index in [9.17, 15) is 9.18 Å². The van der Waals surface area contributed by atoms with Crippen LogP contribution in [-0.2, 0) is 0 Å². The highest BCUT2D eigenvalue weighted by molar-refractivity contribution is 5.95. The quantitative estimate of drug-likeness (QED) is 0.745. The molecule has 2 N–H and O–H groups in total. The Kier molecular flexibility index (Phi) is 2.44. The molecule has 1 aliphatic heterocycles. The third-order valence-corrected chi connectivity index (χ3v) is 2.60. The van der Waals surface area contributed by atoms with E-state index in [2.05, 4.69) is 0 Å². The Morgan fingerprint density at radius 3 is 2.73 bits per heavy atom. The molecule has 80 valence electrons. The minimum absolute atomic E-state index is 0.0696. The first-order valence-corrected chi connectivity index (χ1v) is 4.89. The number of benzene rings is 1. The molecule has 1 heterocycles. The first-order chi connectivity index (χ1) is 7.08. The van der Waals surface area contributed by atoms with Gasteiger partial charge in [-0.25, -0.2) is 4.39 Å². The first-order valence-electron chi connectivity index (χ1n) is 4.89. The van der Waals surface area contributed by atoms with Crippen LogP contribution in [-0.4, -0.2) is 29.9 Å². The Balaban J connectivity index is 2.16. The zero-order valence-corrected chi connectivity index (χ0v) is 8.53. The molecule has 1 aromatic rings. The van der Waals surface area contributed by atoms with Crippen LogP contribution in [0.25, 0.3) is 0 Å². The molecule has 0 spiro atoms. The zero-order chi connectivity index (χ0) is 11.0. The van der Waals surface area contributed by atoms with Crippen molar-refractivity contribution in [2.75, 3.05) is 13.1 Å². The molecule has 0 unspecified atom stereocenters. The molecule has 0 bridgehead atoms. The topological polar surface area (TPSA) is 46.3 Å². The van der Waals surface area contributed by atoms with Crippen molar-refractivity contribution in [2.45, 2.75) is 13.0 Å². The van der Waals surface area contributed by atoms with E-state index < -0.39 is 0 Å². The Morgan fingerprint density at radius 2 is 2.20 bits per heavy atom. The predicted molar refractivity (Wildman–Crippen MR) is 55.0 cm³/mol. The summed E-state index contributed by atoms with van der Waals surface area (Å²) in [5, 5.41) is 0. The van der Waals surface area contributed by atoms with Crippen LogP contribution < -0.4 is 5.73 Å². The summed E-state index contributed by atoms with van der Waals surface area (Å²) in [6.07, 6.45) is 0. The van der Waals surface area contributed by atoms with Crippen LogP contribution in [0.1, 0.15) is 15.9 Å². The molecule has 0 aliphatic carbocycles. The molecule has 2 rings (SSSR count). The maximum absolute atomic E-state index is 13.0. The van der Waals surface area contributed by atoms with Crippen LogP contribution in [0.5, 0.6) is 0 Å². The number of hydrogen-bond acceptors (Lipinski definition) is 2. The van der Waals surface area contributed by atoms with Crippen LogP contribution in [0.3, 0.4) is 0 Å². The van der Waals surface area contributed by atoms with Gasteiger partial charge in [0.25, 0.3) is 5.91 Å². The number of carbonyl (C=O) groups excluding carboxylic acids is 1. The smallest absolute Gasteiger partial charge is 0.253 e. The number of hydrogen-bond donors (Lipinski definition) is 1. The van der Waals surface area contributed by atoms with Crippen molar-refractivity contribution in [3.8, 4) is 0 Å². The third-order valence-electron chi connectivity index (χ3n) is 2.60. The van der Waals surface area contributed by atoms with Crippen LogP contribution in [0, 0.1) is 12.7 Å². The van der Waals surface area contributed by atoms with Gasteiger partial charge >= 0.3 is 0 Å². The average Bonchev–Trinajstić information content (AvgIpc) is 2.16. The largest absolute Gasteiger partial charge is 0.335 e. The van der Waals surface area contributed by atoms with Gasteiger partial charge < -0.3 is 10.6 Å². The molecular weight excluding hydrogens is 195 g/mol. The number of halogens is 1. The van der Waals surface area contributed by atoms with E-state index in [1.165, 1.54) is 12.1 Å². The highest BCUT2D eigenvalue weighted by Gasteiger charge is 2.28. The Bertz CT molecular complexity index is 400. The van der Waals surface area contributed by atoms with E-state index in [0.29, 0.717) is 24.2 Å². The number of nitrogens with zero attached hydrogens (tertiary/aromatic N) is 1. The maximum Gasteiger partial charge on any atom is 0.253 e. The van der Waals surface area contributed by atoms with Crippen LogP contribution in [0.15, 0.2) is 18.2 Å². The standard InChI is InChI=1S/C11H13FN2O/c1-7-4-8(2-3-10(7)12)11(15)14-5-9(13)6-14/h2-4,9H,5-6,13H2,1H3. The van der Waals surface area contributed by atoms with Gasteiger partial charge in [-0.1, -0.05) is 0 Å². The van der Waals surface area contributed by atoms with Crippen molar-refractivity contribution >= 4 is 5.91 Å². The van der Waals surface area contributed by atoms with Gasteiger partial charge in [0.05, 0.1) is 0 Å². The molecule has 1 fully saturated rings. The lowest BCUT2D eigenvalue weighted by atomic mass is 10.1. The summed E-state index contributed by atoms with van der Waals surface area (Å²) in [7, 11) is 0. The monoisotopic (exact) mass is 208 g/mol. The minimum Gasteiger partial charge on any atom is -0.335 e. The van der Waals surface area contributed by atoms with Gasteiger partial charge in [-0.15, -0.1) is 0 Å². The molecule has 15 heavy (non-hydrogen) atoms. The van der Waals surface area contributed by atoms with Crippen molar-refractivity contribution in [2.24, 2.45) is 5.73 Å². The molecule has 0 saturated carbocycles. The van der Waals surface area contributed by atoms with Gasteiger partial charge in [-0.3, -0.25) is 4.79 Å². The van der Waals surface area contributed by atoms with Crippen molar-refractivity contribution in [3.63, 3.8) is 0 Å². The van der Waals surface area contributed by atoms with E-state index in [-0.39, 0.29) is 17.8 Å². The van der Waals surface area contributed by atoms with Crippen molar-refractivity contribution in [1.82, 2.24) is 4.90 Å². The van der Waals surface area contributed by atoms with Crippen LogP contribution >= 0.6 is 0 Å². The molecule has 0 atom stereocenters. The summed E-state index contributed by atoms with van der Waals surface area (Å²) in [6.45, 7) is 2.83. The van der Waals surface area contributed by atoms with Crippen molar-refractivity contribution in [3.05, 3.63) is 35.1 Å². The molecule has 3 nitrogen and oxygen atoms in total. The van der Waals surface area contributed by atoms with Gasteiger partial charge in [0.1, 0.15) is 5.82 Å². The van der Waals surface area contributed by atoms with E-state index >= 15 is 0 Å². The highest BCUT2D eigenvalue weighted by atomic mass is 19.1. The maximum atomic E-state index is 13.0. The fourth-order valence-electron chi connectivity index (χ4n) is 1.64. The normalized spacial score (nSPS) is 16.3. The van der Waals surface area contributed by atoms with Gasteiger partial charge in [0.15, 0.2) is 0 Å². The van der Waals surface area contributed by atoms with Gasteiger partial charge in [-0.05, 0) is 30.7 Å². The fourth-order valence-corrected chi connectivity index (χ4v) is 1.64. The third kappa shape index (κ3) is 1.85. The van der Waals surface area contributed by atoms with E-state index in [1.54, 1.807) is 17.9 Å². The summed E-state index contributed by atoms with van der Waals surface area (Å²) < 4.78 is 13.0. The lowest BCUT2D eigenvalue weighted by molar-refractivity contribution is 0.0608. The van der Waals surface area contributed by atoms with E-state index in [4.69, 9.17) is 5.73 Å². The molecule has 1 aliphatic rings. The Morgan fingerprint density at radius 1 is 1.53 bits per heavy atom. The summed E-state index contributed by atoms with van der Waals surface area (Å²) in [6, 6.07) is 4.49. The Hall–Kier alpha value is -1.42. The molecule has 1 saturated heterocycles. The SMILES string of the molecule is Cc1cc(C(=O)N2CC(N)C2)ccc1F. The lowest BCUT2D eigenvalue weighted by Crippen LogP contribution is -2.57. The summed E-state index contributed by atoms with van der Waals surface area (Å²) in [5.41, 5.74) is 6.60. The summed E-state index contributed by atoms with van der Waals surface area (Å²) in [5.74, 6) is -0.355. The highest BCUT2D eigenvalue weighted by Crippen LogP contribution is 2.15. The number of carbonyl (C=O) groups is 1. The lowest BCUT2D eigenvalue weighted by Gasteiger charge is -2.36. The van der Waals surface area contributed by atoms with Gasteiger partial charge in [-0.2, -0.15) is 0 Å². The molecule has 0 aromatic heterocycles.